The van der Waals surface area contributed by atoms with Crippen molar-refractivity contribution in [1.82, 2.24) is 0 Å². The Morgan fingerprint density at radius 2 is 0.960 bits per heavy atom. The lowest BCUT2D eigenvalue weighted by Crippen LogP contribution is -2.33. The van der Waals surface area contributed by atoms with Crippen molar-refractivity contribution in [3.63, 3.8) is 0 Å². The molecule has 3 aromatic rings. The predicted octanol–water partition coefficient (Wildman–Crippen LogP) is 12.7. The number of unbranched alkanes of at least 4 members (excludes halogenated alkanes) is 14. The molecular weight excluding hydrogens is 641 g/mol. The Bertz CT molecular complexity index is 1370. The summed E-state index contributed by atoms with van der Waals surface area (Å²) in [5.41, 5.74) is 2.19. The predicted molar refractivity (Wildman–Crippen MR) is 194 cm³/mol. The quantitative estimate of drug-likeness (QED) is 0.0530. The van der Waals surface area contributed by atoms with E-state index in [1.807, 2.05) is 36.4 Å². The molecule has 3 aromatic carbocycles. The van der Waals surface area contributed by atoms with Gasteiger partial charge in [0.15, 0.2) is 6.10 Å². The summed E-state index contributed by atoms with van der Waals surface area (Å²) in [6.45, 7) is 5.07. The summed E-state index contributed by atoms with van der Waals surface area (Å²) >= 11 is 0. The molecule has 0 aliphatic heterocycles. The van der Waals surface area contributed by atoms with E-state index in [9.17, 15) is 22.8 Å². The average molecular weight is 697 g/mol. The molecule has 0 aliphatic carbocycles. The van der Waals surface area contributed by atoms with E-state index in [0.717, 1.165) is 55.4 Å². The van der Waals surface area contributed by atoms with Crippen LogP contribution in [0.5, 0.6) is 11.5 Å². The van der Waals surface area contributed by atoms with E-state index in [1.165, 1.54) is 75.6 Å². The van der Waals surface area contributed by atoms with Crippen LogP contribution in [0.3, 0.4) is 0 Å². The number of carbonyl (C=O) groups excluding carboxylic acids is 2. The second kappa shape index (κ2) is 22.8. The largest absolute Gasteiger partial charge is 0.494 e. The molecule has 0 saturated heterocycles. The van der Waals surface area contributed by atoms with E-state index >= 15 is 0 Å². The summed E-state index contributed by atoms with van der Waals surface area (Å²) in [6, 6.07) is 20.2. The van der Waals surface area contributed by atoms with Gasteiger partial charge in [-0.25, -0.2) is 9.59 Å². The molecule has 0 amide bonds. The number of hydrogen-bond acceptors (Lipinski definition) is 5. The van der Waals surface area contributed by atoms with E-state index < -0.39 is 24.2 Å². The SMILES string of the molecule is CCCCCCCCCCOc1ccc(-c2ccc(C(=O)Oc3ccc(C(=O)OC(CCCCCCCCCC)C(F)(F)F)cc3)cc2)cc1. The van der Waals surface area contributed by atoms with Gasteiger partial charge < -0.3 is 14.2 Å². The molecule has 0 fully saturated rings. The summed E-state index contributed by atoms with van der Waals surface area (Å²) in [4.78, 5) is 25.3. The molecule has 50 heavy (non-hydrogen) atoms. The number of carbonyl (C=O) groups is 2. The first-order valence-electron chi connectivity index (χ1n) is 18.6. The van der Waals surface area contributed by atoms with Gasteiger partial charge >= 0.3 is 18.1 Å². The number of alkyl halides is 3. The second-order valence-electron chi connectivity index (χ2n) is 13.0. The minimum atomic E-state index is -4.65. The number of rotatable bonds is 24. The van der Waals surface area contributed by atoms with Crippen LogP contribution in [0.4, 0.5) is 13.2 Å². The lowest BCUT2D eigenvalue weighted by Gasteiger charge is -2.20. The van der Waals surface area contributed by atoms with Crippen LogP contribution in [0.2, 0.25) is 0 Å². The van der Waals surface area contributed by atoms with Gasteiger partial charge in [-0.05, 0) is 78.9 Å². The first-order valence-corrected chi connectivity index (χ1v) is 18.6. The molecule has 1 unspecified atom stereocenters. The lowest BCUT2D eigenvalue weighted by molar-refractivity contribution is -0.206. The van der Waals surface area contributed by atoms with Crippen LogP contribution < -0.4 is 9.47 Å². The maximum Gasteiger partial charge on any atom is 0.425 e. The van der Waals surface area contributed by atoms with E-state index in [0.29, 0.717) is 25.0 Å². The summed E-state index contributed by atoms with van der Waals surface area (Å²) in [5.74, 6) is -0.679. The molecule has 0 bridgehead atoms. The van der Waals surface area contributed by atoms with Gasteiger partial charge in [0.25, 0.3) is 0 Å². The Hall–Kier alpha value is -3.81. The van der Waals surface area contributed by atoms with Crippen molar-refractivity contribution < 1.29 is 37.0 Å². The zero-order chi connectivity index (χ0) is 36.0. The highest BCUT2D eigenvalue weighted by molar-refractivity contribution is 5.92. The molecule has 0 radical (unpaired) electrons. The molecule has 0 spiro atoms. The first kappa shape index (κ1) is 40.6. The van der Waals surface area contributed by atoms with Crippen LogP contribution in [-0.2, 0) is 4.74 Å². The number of esters is 2. The van der Waals surface area contributed by atoms with Gasteiger partial charge in [-0.2, -0.15) is 13.2 Å². The normalized spacial score (nSPS) is 12.0. The fourth-order valence-corrected chi connectivity index (χ4v) is 5.74. The van der Waals surface area contributed by atoms with Crippen molar-refractivity contribution in [1.29, 1.82) is 0 Å². The highest BCUT2D eigenvalue weighted by Gasteiger charge is 2.42. The van der Waals surface area contributed by atoms with Crippen LogP contribution >= 0.6 is 0 Å². The number of ether oxygens (including phenoxy) is 3. The highest BCUT2D eigenvalue weighted by atomic mass is 19.4. The third kappa shape index (κ3) is 15.4. The standard InChI is InChI=1S/C42H55F3O5/c1-3-5-7-9-11-13-15-17-19-39(42(43,44)45)50-41(47)36-26-30-38(31-27-36)49-40(46)35-22-20-33(21-23-35)34-24-28-37(29-25-34)48-32-18-16-14-12-10-8-6-4-2/h20-31,39H,3-19,32H2,1-2H3. The Balaban J connectivity index is 1.42. The molecule has 274 valence electrons. The van der Waals surface area contributed by atoms with E-state index in [-0.39, 0.29) is 17.7 Å². The topological polar surface area (TPSA) is 61.8 Å². The minimum absolute atomic E-state index is 0.0519. The van der Waals surface area contributed by atoms with Crippen molar-refractivity contribution in [3.05, 3.63) is 83.9 Å². The Kier molecular flexibility index (Phi) is 18.5. The Morgan fingerprint density at radius 3 is 1.48 bits per heavy atom. The van der Waals surface area contributed by atoms with Gasteiger partial charge in [0.1, 0.15) is 11.5 Å². The van der Waals surface area contributed by atoms with Gasteiger partial charge in [-0.15, -0.1) is 0 Å². The van der Waals surface area contributed by atoms with Crippen LogP contribution in [0, 0.1) is 0 Å². The summed E-state index contributed by atoms with van der Waals surface area (Å²) in [5, 5.41) is 0. The molecule has 5 nitrogen and oxygen atoms in total. The van der Waals surface area contributed by atoms with Crippen LogP contribution in [0.1, 0.15) is 144 Å². The van der Waals surface area contributed by atoms with E-state index in [2.05, 4.69) is 13.8 Å². The monoisotopic (exact) mass is 696 g/mol. The highest BCUT2D eigenvalue weighted by Crippen LogP contribution is 2.29. The zero-order valence-corrected chi connectivity index (χ0v) is 29.9. The van der Waals surface area contributed by atoms with Crippen molar-refractivity contribution in [2.75, 3.05) is 6.61 Å². The number of hydrogen-bond donors (Lipinski definition) is 0. The third-order valence-electron chi connectivity index (χ3n) is 8.81. The summed E-state index contributed by atoms with van der Waals surface area (Å²) in [7, 11) is 0. The molecule has 8 heteroatoms. The number of benzene rings is 3. The fraction of sp³-hybridized carbons (Fsp3) is 0.524. The molecule has 0 aliphatic rings. The summed E-state index contributed by atoms with van der Waals surface area (Å²) < 4.78 is 57.0. The molecule has 0 N–H and O–H groups in total. The molecule has 3 rings (SSSR count). The van der Waals surface area contributed by atoms with Crippen LogP contribution in [0.25, 0.3) is 11.1 Å². The molecule has 0 saturated carbocycles. The van der Waals surface area contributed by atoms with Crippen molar-refractivity contribution >= 4 is 11.9 Å². The van der Waals surface area contributed by atoms with Crippen molar-refractivity contribution in [2.45, 2.75) is 135 Å². The minimum Gasteiger partial charge on any atom is -0.494 e. The maximum atomic E-state index is 13.6. The fourth-order valence-electron chi connectivity index (χ4n) is 5.74. The Morgan fingerprint density at radius 1 is 0.540 bits per heavy atom. The van der Waals surface area contributed by atoms with Crippen LogP contribution in [0.15, 0.2) is 72.8 Å². The third-order valence-corrected chi connectivity index (χ3v) is 8.81. The van der Waals surface area contributed by atoms with Gasteiger partial charge in [-0.1, -0.05) is 128 Å². The van der Waals surface area contributed by atoms with Crippen LogP contribution in [-0.4, -0.2) is 30.8 Å². The smallest absolute Gasteiger partial charge is 0.425 e. The second-order valence-corrected chi connectivity index (χ2v) is 13.0. The van der Waals surface area contributed by atoms with Gasteiger partial charge in [0.2, 0.25) is 0 Å². The summed E-state index contributed by atoms with van der Waals surface area (Å²) in [6.07, 6.45) is 10.4. The van der Waals surface area contributed by atoms with E-state index in [4.69, 9.17) is 14.2 Å². The first-order chi connectivity index (χ1) is 24.2. The van der Waals surface area contributed by atoms with E-state index in [1.54, 1.807) is 12.1 Å². The maximum absolute atomic E-state index is 13.6. The van der Waals surface area contributed by atoms with Gasteiger partial charge in [-0.3, -0.25) is 0 Å². The van der Waals surface area contributed by atoms with Crippen molar-refractivity contribution in [3.8, 4) is 22.6 Å². The molecule has 1 atom stereocenters. The zero-order valence-electron chi connectivity index (χ0n) is 29.9. The lowest BCUT2D eigenvalue weighted by atomic mass is 10.0. The molecular formula is C42H55F3O5. The number of halogens is 3. The average Bonchev–Trinajstić information content (AvgIpc) is 3.11. The van der Waals surface area contributed by atoms with Gasteiger partial charge in [0.05, 0.1) is 17.7 Å². The van der Waals surface area contributed by atoms with Crippen molar-refractivity contribution in [2.24, 2.45) is 0 Å². The Labute approximate surface area is 296 Å². The molecule has 0 heterocycles. The molecule has 0 aromatic heterocycles. The van der Waals surface area contributed by atoms with Gasteiger partial charge in [0, 0.05) is 0 Å².